The molecular weight excluding hydrogens is 306 g/mol. The number of hydrogen-bond donors (Lipinski definition) is 1. The molecule has 0 saturated carbocycles. The quantitative estimate of drug-likeness (QED) is 0.741. The highest BCUT2D eigenvalue weighted by Gasteiger charge is 2.25. The largest absolute Gasteiger partial charge is 0.481 e. The number of amides is 1. The second-order valence-corrected chi connectivity index (χ2v) is 6.70. The molecule has 1 aromatic carbocycles. The van der Waals surface area contributed by atoms with Crippen molar-refractivity contribution in [1.29, 1.82) is 0 Å². The van der Waals surface area contributed by atoms with Gasteiger partial charge in [0.1, 0.15) is 11.8 Å². The van der Waals surface area contributed by atoms with Gasteiger partial charge in [-0.2, -0.15) is 0 Å². The average molecular weight is 335 g/mol. The van der Waals surface area contributed by atoms with Crippen molar-refractivity contribution in [2.75, 3.05) is 7.11 Å². The SMILES string of the molecule is COC(=O)[C@H](CC(C)C)NC(=O)[C@@H](C)Oc1cccc(C(C)C)c1. The molecule has 1 rings (SSSR count). The highest BCUT2D eigenvalue weighted by Crippen LogP contribution is 2.21. The Morgan fingerprint density at radius 2 is 1.79 bits per heavy atom. The predicted octanol–water partition coefficient (Wildman–Crippen LogP) is 3.28. The molecule has 134 valence electrons. The van der Waals surface area contributed by atoms with Gasteiger partial charge in [0.05, 0.1) is 7.11 Å². The maximum Gasteiger partial charge on any atom is 0.328 e. The van der Waals surface area contributed by atoms with Gasteiger partial charge in [-0.1, -0.05) is 39.8 Å². The Morgan fingerprint density at radius 3 is 2.33 bits per heavy atom. The summed E-state index contributed by atoms with van der Waals surface area (Å²) < 4.78 is 10.5. The summed E-state index contributed by atoms with van der Waals surface area (Å²) in [6.45, 7) is 9.84. The summed E-state index contributed by atoms with van der Waals surface area (Å²) >= 11 is 0. The minimum absolute atomic E-state index is 0.258. The fraction of sp³-hybridized carbons (Fsp3) is 0.579. The van der Waals surface area contributed by atoms with Crippen LogP contribution in [0.25, 0.3) is 0 Å². The van der Waals surface area contributed by atoms with Crippen molar-refractivity contribution in [1.82, 2.24) is 5.32 Å². The van der Waals surface area contributed by atoms with E-state index in [0.717, 1.165) is 5.56 Å². The van der Waals surface area contributed by atoms with Gasteiger partial charge in [0.25, 0.3) is 5.91 Å². The molecular formula is C19H29NO4. The zero-order chi connectivity index (χ0) is 18.3. The van der Waals surface area contributed by atoms with Crippen LogP contribution in [0.15, 0.2) is 24.3 Å². The van der Waals surface area contributed by atoms with Crippen molar-refractivity contribution in [3.05, 3.63) is 29.8 Å². The molecule has 0 heterocycles. The molecule has 0 bridgehead atoms. The zero-order valence-electron chi connectivity index (χ0n) is 15.5. The Hall–Kier alpha value is -2.04. The molecule has 0 aliphatic carbocycles. The van der Waals surface area contributed by atoms with E-state index in [1.807, 2.05) is 38.1 Å². The van der Waals surface area contributed by atoms with Gasteiger partial charge in [-0.05, 0) is 42.9 Å². The number of benzene rings is 1. The predicted molar refractivity (Wildman–Crippen MR) is 94.0 cm³/mol. The first-order valence-electron chi connectivity index (χ1n) is 8.39. The maximum atomic E-state index is 12.3. The molecule has 0 spiro atoms. The number of esters is 1. The van der Waals surface area contributed by atoms with Gasteiger partial charge in [-0.15, -0.1) is 0 Å². The van der Waals surface area contributed by atoms with Crippen LogP contribution in [0, 0.1) is 5.92 Å². The molecule has 0 aromatic heterocycles. The van der Waals surface area contributed by atoms with E-state index in [1.54, 1.807) is 6.92 Å². The lowest BCUT2D eigenvalue weighted by atomic mass is 10.0. The topological polar surface area (TPSA) is 64.6 Å². The number of hydrogen-bond acceptors (Lipinski definition) is 4. The molecule has 0 aliphatic heterocycles. The minimum Gasteiger partial charge on any atom is -0.481 e. The summed E-state index contributed by atoms with van der Waals surface area (Å²) in [5.74, 6) is 0.509. The fourth-order valence-electron chi connectivity index (χ4n) is 2.32. The Kier molecular flexibility index (Phi) is 7.75. The van der Waals surface area contributed by atoms with E-state index in [2.05, 4.69) is 19.2 Å². The first kappa shape index (κ1) is 20.0. The summed E-state index contributed by atoms with van der Waals surface area (Å²) in [6.07, 6.45) is -0.180. The second-order valence-electron chi connectivity index (χ2n) is 6.70. The Labute approximate surface area is 144 Å². The lowest BCUT2D eigenvalue weighted by Crippen LogP contribution is -2.47. The maximum absolute atomic E-state index is 12.3. The van der Waals surface area contributed by atoms with E-state index in [0.29, 0.717) is 18.1 Å². The van der Waals surface area contributed by atoms with Crippen molar-refractivity contribution >= 4 is 11.9 Å². The molecule has 24 heavy (non-hydrogen) atoms. The van der Waals surface area contributed by atoms with Gasteiger partial charge in [0.15, 0.2) is 6.10 Å². The van der Waals surface area contributed by atoms with Crippen molar-refractivity contribution in [3.8, 4) is 5.75 Å². The van der Waals surface area contributed by atoms with Crippen LogP contribution < -0.4 is 10.1 Å². The Bertz CT molecular complexity index is 554. The molecule has 0 saturated heterocycles. The van der Waals surface area contributed by atoms with E-state index in [9.17, 15) is 9.59 Å². The first-order valence-corrected chi connectivity index (χ1v) is 8.39. The Morgan fingerprint density at radius 1 is 1.12 bits per heavy atom. The molecule has 1 aromatic rings. The van der Waals surface area contributed by atoms with Gasteiger partial charge in [0, 0.05) is 0 Å². The molecule has 0 radical (unpaired) electrons. The molecule has 5 nitrogen and oxygen atoms in total. The number of rotatable bonds is 8. The standard InChI is InChI=1S/C19H29NO4/c1-12(2)10-17(19(22)23-6)20-18(21)14(5)24-16-9-7-8-15(11-16)13(3)4/h7-9,11-14,17H,10H2,1-6H3,(H,20,21)/t14-,17+/m1/s1. The Balaban J connectivity index is 2.72. The molecule has 0 fully saturated rings. The lowest BCUT2D eigenvalue weighted by Gasteiger charge is -2.21. The van der Waals surface area contributed by atoms with Gasteiger partial charge in [-0.3, -0.25) is 4.79 Å². The van der Waals surface area contributed by atoms with Gasteiger partial charge in [0.2, 0.25) is 0 Å². The summed E-state index contributed by atoms with van der Waals surface area (Å²) in [6, 6.07) is 7.03. The van der Waals surface area contributed by atoms with Crippen LogP contribution in [0.5, 0.6) is 5.75 Å². The minimum atomic E-state index is -0.702. The summed E-state index contributed by atoms with van der Waals surface area (Å²) in [5, 5.41) is 2.72. The van der Waals surface area contributed by atoms with Crippen molar-refractivity contribution in [2.24, 2.45) is 5.92 Å². The van der Waals surface area contributed by atoms with E-state index in [4.69, 9.17) is 9.47 Å². The third kappa shape index (κ3) is 6.22. The first-order chi connectivity index (χ1) is 11.2. The fourth-order valence-corrected chi connectivity index (χ4v) is 2.32. The highest BCUT2D eigenvalue weighted by atomic mass is 16.5. The summed E-state index contributed by atoms with van der Waals surface area (Å²) in [4.78, 5) is 24.1. The molecule has 1 N–H and O–H groups in total. The van der Waals surface area contributed by atoms with E-state index in [1.165, 1.54) is 7.11 Å². The molecule has 1 amide bonds. The number of carbonyl (C=O) groups excluding carboxylic acids is 2. The molecule has 0 aliphatic rings. The summed E-state index contributed by atoms with van der Waals surface area (Å²) in [7, 11) is 1.32. The van der Waals surface area contributed by atoms with Crippen molar-refractivity contribution in [2.45, 2.75) is 59.1 Å². The van der Waals surface area contributed by atoms with E-state index < -0.39 is 18.1 Å². The van der Waals surface area contributed by atoms with Crippen LogP contribution >= 0.6 is 0 Å². The van der Waals surface area contributed by atoms with Crippen molar-refractivity contribution in [3.63, 3.8) is 0 Å². The third-order valence-electron chi connectivity index (χ3n) is 3.72. The lowest BCUT2D eigenvalue weighted by molar-refractivity contribution is -0.146. The van der Waals surface area contributed by atoms with Crippen LogP contribution in [-0.2, 0) is 14.3 Å². The van der Waals surface area contributed by atoms with Crippen LogP contribution in [0.3, 0.4) is 0 Å². The zero-order valence-corrected chi connectivity index (χ0v) is 15.5. The normalized spacial score (nSPS) is 13.5. The smallest absolute Gasteiger partial charge is 0.328 e. The number of ether oxygens (including phenoxy) is 2. The van der Waals surface area contributed by atoms with Crippen LogP contribution in [-0.4, -0.2) is 31.1 Å². The summed E-state index contributed by atoms with van der Waals surface area (Å²) in [5.41, 5.74) is 1.15. The van der Waals surface area contributed by atoms with Gasteiger partial charge in [-0.25, -0.2) is 4.79 Å². The molecule has 0 unspecified atom stereocenters. The molecule has 5 heteroatoms. The highest BCUT2D eigenvalue weighted by molar-refractivity contribution is 5.86. The number of methoxy groups -OCH3 is 1. The number of carbonyl (C=O) groups is 2. The third-order valence-corrected chi connectivity index (χ3v) is 3.72. The van der Waals surface area contributed by atoms with E-state index >= 15 is 0 Å². The monoisotopic (exact) mass is 335 g/mol. The van der Waals surface area contributed by atoms with Gasteiger partial charge >= 0.3 is 5.97 Å². The average Bonchev–Trinajstić information content (AvgIpc) is 2.53. The van der Waals surface area contributed by atoms with Crippen LogP contribution in [0.1, 0.15) is 52.5 Å². The van der Waals surface area contributed by atoms with Crippen LogP contribution in [0.4, 0.5) is 0 Å². The number of nitrogens with one attached hydrogen (secondary N) is 1. The van der Waals surface area contributed by atoms with Crippen LogP contribution in [0.2, 0.25) is 0 Å². The molecule has 2 atom stereocenters. The van der Waals surface area contributed by atoms with Gasteiger partial charge < -0.3 is 14.8 Å². The van der Waals surface area contributed by atoms with E-state index in [-0.39, 0.29) is 11.8 Å². The second kappa shape index (κ2) is 9.30. The van der Waals surface area contributed by atoms with Crippen molar-refractivity contribution < 1.29 is 19.1 Å².